The van der Waals surface area contributed by atoms with Crippen LogP contribution in [0.2, 0.25) is 11.0 Å². The summed E-state index contributed by atoms with van der Waals surface area (Å²) < 4.78 is 0. The van der Waals surface area contributed by atoms with Crippen LogP contribution < -0.4 is 0 Å². The Morgan fingerprint density at radius 2 is 1.25 bits per heavy atom. The van der Waals surface area contributed by atoms with Crippen LogP contribution in [0.3, 0.4) is 0 Å². The zero-order chi connectivity index (χ0) is 2.71. The second-order valence-electron chi connectivity index (χ2n) is 0.577. The molecule has 0 spiro atoms. The molecule has 4 heavy (non-hydrogen) atoms. The summed E-state index contributed by atoms with van der Waals surface area (Å²) in [6, 6.07) is 0. The van der Waals surface area contributed by atoms with Gasteiger partial charge in [0.05, 0.1) is 0 Å². The first-order valence-electron chi connectivity index (χ1n) is 1.15. The molecule has 0 heterocycles. The van der Waals surface area contributed by atoms with Gasteiger partial charge in [-0.25, -0.2) is 0 Å². The molecule has 4 radical (unpaired) electrons. The maximum atomic E-state index is 2.28. The number of hydrogen-bond acceptors (Lipinski definition) is 0. The first kappa shape index (κ1) is 8.83. The predicted molar refractivity (Wildman–Crippen MR) is 23.2 cm³/mol. The average molecular weight is 111 g/mol. The van der Waals surface area contributed by atoms with Gasteiger partial charge in [0.15, 0.2) is 0 Å². The fourth-order valence-corrected chi connectivity index (χ4v) is 0. The standard InChI is InChI=1S/2CH3.B.Ga/h2*1H3;;. The molecule has 0 saturated carbocycles. The molecule has 0 aromatic rings. The molecule has 2 heteroatoms. The van der Waals surface area contributed by atoms with Crippen LogP contribution in [-0.2, 0) is 0 Å². The molecule has 0 N–H and O–H groups in total. The van der Waals surface area contributed by atoms with Crippen molar-refractivity contribution in [3.05, 3.63) is 0 Å². The van der Waals surface area contributed by atoms with Crippen molar-refractivity contribution in [2.75, 3.05) is 0 Å². The van der Waals surface area contributed by atoms with Gasteiger partial charge in [0.25, 0.3) is 0 Å². The first-order chi connectivity index (χ1) is 1.41. The summed E-state index contributed by atoms with van der Waals surface area (Å²) in [6.45, 7) is 0. The molecular formula is C2H6BGa. The van der Waals surface area contributed by atoms with E-state index in [0.717, 1.165) is 0 Å². The van der Waals surface area contributed by atoms with E-state index < -0.39 is 0 Å². The topological polar surface area (TPSA) is 0 Å². The van der Waals surface area contributed by atoms with Crippen LogP contribution in [0.5, 0.6) is 0 Å². The van der Waals surface area contributed by atoms with Crippen molar-refractivity contribution in [3.8, 4) is 0 Å². The molecule has 0 aromatic carbocycles. The summed E-state index contributed by atoms with van der Waals surface area (Å²) in [5.41, 5.74) is 4.56. The fourth-order valence-electron chi connectivity index (χ4n) is 0. The molecule has 0 aliphatic rings. The van der Waals surface area contributed by atoms with Crippen molar-refractivity contribution >= 4 is 25.8 Å². The van der Waals surface area contributed by atoms with Crippen molar-refractivity contribution < 1.29 is 0 Å². The molecule has 0 rings (SSSR count). The van der Waals surface area contributed by atoms with E-state index in [-0.39, 0.29) is 8.41 Å². The second-order valence-corrected chi connectivity index (χ2v) is 3.00. The Balaban J connectivity index is 0. The zero-order valence-electron chi connectivity index (χ0n) is 3.15. The van der Waals surface area contributed by atoms with E-state index in [1.54, 1.807) is 0 Å². The van der Waals surface area contributed by atoms with Crippen LogP contribution in [0.15, 0.2) is 0 Å². The van der Waals surface area contributed by atoms with E-state index in [1.165, 1.54) is 0 Å². The molecular weight excluding hydrogens is 105 g/mol. The monoisotopic (exact) mass is 110 g/mol. The van der Waals surface area contributed by atoms with Gasteiger partial charge in [0, 0.05) is 8.41 Å². The Hall–Kier alpha value is 0.701. The fraction of sp³-hybridized carbons (Fsp3) is 1.00. The van der Waals surface area contributed by atoms with Crippen LogP contribution >= 0.6 is 0 Å². The van der Waals surface area contributed by atoms with E-state index in [2.05, 4.69) is 11.0 Å². The first-order valence-corrected chi connectivity index (χ1v) is 6.00. The molecule has 0 fully saturated rings. The van der Waals surface area contributed by atoms with Gasteiger partial charge in [-0.3, -0.25) is 0 Å². The third-order valence-corrected chi connectivity index (χ3v) is 0. The van der Waals surface area contributed by atoms with Crippen LogP contribution in [-0.4, -0.2) is 25.8 Å². The van der Waals surface area contributed by atoms with Crippen LogP contribution in [0, 0.1) is 0 Å². The predicted octanol–water partition coefficient (Wildman–Crippen LogP) is 0.406. The average Bonchev–Trinajstić information content (AvgIpc) is 0.918. The van der Waals surface area contributed by atoms with Crippen molar-refractivity contribution in [1.82, 2.24) is 0 Å². The van der Waals surface area contributed by atoms with Gasteiger partial charge in [0.1, 0.15) is 0 Å². The Kier molecular flexibility index (Phi) is 20.6. The van der Waals surface area contributed by atoms with E-state index in [0.29, 0.717) is 17.4 Å². The number of rotatable bonds is 0. The van der Waals surface area contributed by atoms with Crippen molar-refractivity contribution in [1.29, 1.82) is 0 Å². The Bertz CT molecular complexity index is 6.00. The number of hydrogen-bond donors (Lipinski definition) is 0. The molecule has 20 valence electrons. The van der Waals surface area contributed by atoms with E-state index in [9.17, 15) is 0 Å². The summed E-state index contributed by atoms with van der Waals surface area (Å²) >= 11 is 0.312. The van der Waals surface area contributed by atoms with E-state index >= 15 is 0 Å². The van der Waals surface area contributed by atoms with E-state index in [4.69, 9.17) is 0 Å². The van der Waals surface area contributed by atoms with Gasteiger partial charge in [-0.05, 0) is 0 Å². The Morgan fingerprint density at radius 1 is 1.25 bits per heavy atom. The third kappa shape index (κ3) is 15.9. The van der Waals surface area contributed by atoms with Crippen LogP contribution in [0.1, 0.15) is 0 Å². The summed E-state index contributed by atoms with van der Waals surface area (Å²) in [4.78, 5) is 0. The molecule has 0 bridgehead atoms. The minimum absolute atomic E-state index is 0. The molecule has 0 aliphatic carbocycles. The molecule has 0 amide bonds. The van der Waals surface area contributed by atoms with E-state index in [1.807, 2.05) is 0 Å². The van der Waals surface area contributed by atoms with Crippen molar-refractivity contribution in [2.24, 2.45) is 0 Å². The van der Waals surface area contributed by atoms with Gasteiger partial charge in [-0.15, -0.1) is 0 Å². The molecule has 0 unspecified atom stereocenters. The van der Waals surface area contributed by atoms with Gasteiger partial charge in [-0.2, -0.15) is 0 Å². The van der Waals surface area contributed by atoms with Crippen molar-refractivity contribution in [3.63, 3.8) is 0 Å². The maximum absolute atomic E-state index is 2.28. The second kappa shape index (κ2) is 9.33. The molecule has 0 nitrogen and oxygen atoms in total. The minimum atomic E-state index is 0. The zero-order valence-corrected chi connectivity index (χ0v) is 5.58. The Morgan fingerprint density at radius 3 is 1.25 bits per heavy atom. The summed E-state index contributed by atoms with van der Waals surface area (Å²) in [5.74, 6) is 0. The summed E-state index contributed by atoms with van der Waals surface area (Å²) in [6.07, 6.45) is 0. The van der Waals surface area contributed by atoms with Gasteiger partial charge >= 0.3 is 28.4 Å². The Labute approximate surface area is 37.3 Å². The quantitative estimate of drug-likeness (QED) is 0.396. The van der Waals surface area contributed by atoms with Gasteiger partial charge in [0.2, 0.25) is 0 Å². The molecule has 0 aliphatic heterocycles. The van der Waals surface area contributed by atoms with Gasteiger partial charge in [-0.1, -0.05) is 0 Å². The summed E-state index contributed by atoms with van der Waals surface area (Å²) in [7, 11) is 0. The summed E-state index contributed by atoms with van der Waals surface area (Å²) in [5, 5.41) is 0. The van der Waals surface area contributed by atoms with Crippen LogP contribution in [0.25, 0.3) is 0 Å². The van der Waals surface area contributed by atoms with Crippen molar-refractivity contribution in [2.45, 2.75) is 11.0 Å². The van der Waals surface area contributed by atoms with Crippen LogP contribution in [0.4, 0.5) is 0 Å². The normalized spacial score (nSPS) is 3.50. The molecule has 0 atom stereocenters. The molecule has 0 aromatic heterocycles. The molecule has 0 saturated heterocycles. The van der Waals surface area contributed by atoms with Gasteiger partial charge < -0.3 is 0 Å². The third-order valence-electron chi connectivity index (χ3n) is 0. The SMILES string of the molecule is [B].[CH3][Ga][CH3].